The molecule has 15 heteroatoms. The van der Waals surface area contributed by atoms with Crippen LogP contribution in [0.25, 0.3) is 5.76 Å². The molecule has 0 heterocycles. The number of nitrogens with zero attached hydrogens (tertiary/aromatic N) is 1. The maximum absolute atomic E-state index is 14.3. The highest BCUT2D eigenvalue weighted by molar-refractivity contribution is 7.95. The molecule has 0 aromatic heterocycles. The quantitative estimate of drug-likeness (QED) is 0.0236. The number of carboxylic acid groups (broad SMARTS) is 1. The van der Waals surface area contributed by atoms with E-state index in [1.807, 2.05) is 0 Å². The highest BCUT2D eigenvalue weighted by Gasteiger charge is 2.68. The number of aromatic hydroxyl groups is 1. The summed E-state index contributed by atoms with van der Waals surface area (Å²) in [6, 6.07) is 34.6. The molecular formula is C53H62N3O11P. The Kier molecular flexibility index (Phi) is 16.8. The Balaban J connectivity index is 0.00000247. The summed E-state index contributed by atoms with van der Waals surface area (Å²) in [5.74, 6) is -10.1. The lowest BCUT2D eigenvalue weighted by Crippen LogP contribution is -2.70. The van der Waals surface area contributed by atoms with Gasteiger partial charge in [0.25, 0.3) is 5.91 Å². The molecule has 8 N–H and O–H groups in total. The predicted molar refractivity (Wildman–Crippen MR) is 261 cm³/mol. The molecule has 0 spiro atoms. The molecule has 4 aromatic rings. The minimum absolute atomic E-state index is 0.00248. The first-order valence-corrected chi connectivity index (χ1v) is 25.2. The summed E-state index contributed by atoms with van der Waals surface area (Å²) in [5.41, 5.74) is 1.11. The maximum Gasteiger partial charge on any atom is 0.255 e. The van der Waals surface area contributed by atoms with E-state index in [1.54, 1.807) is 13.0 Å². The summed E-state index contributed by atoms with van der Waals surface area (Å²) < 4.78 is 0. The molecule has 14 nitrogen and oxygen atoms in total. The van der Waals surface area contributed by atoms with Gasteiger partial charge in [-0.25, -0.2) is 0 Å². The molecule has 0 unspecified atom stereocenters. The van der Waals surface area contributed by atoms with E-state index >= 15 is 0 Å². The number of phenolic OH excluding ortho intramolecular Hbond substituents is 1. The summed E-state index contributed by atoms with van der Waals surface area (Å²) in [6.45, 7) is 1.16. The lowest BCUT2D eigenvalue weighted by molar-refractivity contribution is -0.283. The van der Waals surface area contributed by atoms with Crippen molar-refractivity contribution < 1.29 is 54.6 Å². The van der Waals surface area contributed by atoms with Gasteiger partial charge in [0.15, 0.2) is 11.4 Å². The number of hydrogen-bond acceptors (Lipinski definition) is 12. The minimum Gasteiger partial charge on any atom is -0.554 e. The number of nitrogens with two attached hydrogens (primary N) is 1. The summed E-state index contributed by atoms with van der Waals surface area (Å²) >= 11 is 0. The highest BCUT2D eigenvalue weighted by atomic mass is 31.2. The number of aliphatic hydroxyl groups excluding tert-OH is 3. The molecule has 7 rings (SSSR count). The predicted octanol–water partition coefficient (Wildman–Crippen LogP) is 4.70. The van der Waals surface area contributed by atoms with Gasteiger partial charge in [0, 0.05) is 24.4 Å². The number of unbranched alkanes of at least 4 members (excludes halogenated alkanes) is 8. The molecule has 1 fully saturated rings. The van der Waals surface area contributed by atoms with E-state index in [4.69, 9.17) is 15.6 Å². The zero-order chi connectivity index (χ0) is 49.3. The Labute approximate surface area is 397 Å². The van der Waals surface area contributed by atoms with Crippen molar-refractivity contribution in [2.45, 2.75) is 94.8 Å². The van der Waals surface area contributed by atoms with Crippen LogP contribution in [0.3, 0.4) is 0 Å². The Morgan fingerprint density at radius 2 is 1.25 bits per heavy atom. The van der Waals surface area contributed by atoms with Crippen LogP contribution in [0.1, 0.15) is 88.2 Å². The van der Waals surface area contributed by atoms with E-state index < -0.39 is 95.1 Å². The number of phenols is 1. The van der Waals surface area contributed by atoms with Crippen LogP contribution in [-0.2, 0) is 24.0 Å². The maximum atomic E-state index is 14.3. The van der Waals surface area contributed by atoms with Crippen LogP contribution in [0.2, 0.25) is 0 Å². The van der Waals surface area contributed by atoms with Gasteiger partial charge in [0.2, 0.25) is 11.7 Å². The SMILES string of the molecule is C[C@H]1c2ccc(NC(=O)CCCCCCCCCCC[P+](c3ccccc3)(c3ccccc3)c3ccccc3)c(O)c2C(O)=C2C(=O)[C@]3(O)C(O)=C(C(N)=O)C(=O)[C@@H](N(C)C)[C@@H]3[C@@H](O)[C@@H]21.O=C[O-]. The van der Waals surface area contributed by atoms with Gasteiger partial charge in [0.05, 0.1) is 35.5 Å². The third kappa shape index (κ3) is 9.73. The Hall–Kier alpha value is -6.18. The molecule has 0 bridgehead atoms. The van der Waals surface area contributed by atoms with Gasteiger partial charge in [-0.3, -0.25) is 24.1 Å². The van der Waals surface area contributed by atoms with Crippen LogP contribution in [0, 0.1) is 11.8 Å². The lowest BCUT2D eigenvalue weighted by atomic mass is 9.54. The molecule has 68 heavy (non-hydrogen) atoms. The second kappa shape index (κ2) is 22.3. The second-order valence-corrected chi connectivity index (χ2v) is 21.7. The molecule has 4 aromatic carbocycles. The molecule has 6 atom stereocenters. The minimum atomic E-state index is -3.01. The first-order chi connectivity index (χ1) is 32.6. The zero-order valence-corrected chi connectivity index (χ0v) is 39.6. The van der Waals surface area contributed by atoms with Crippen molar-refractivity contribution in [2.75, 3.05) is 25.6 Å². The lowest BCUT2D eigenvalue weighted by Gasteiger charge is -2.53. The fourth-order valence-electron chi connectivity index (χ4n) is 10.7. The van der Waals surface area contributed by atoms with Crippen LogP contribution in [0.15, 0.2) is 120 Å². The van der Waals surface area contributed by atoms with Crippen molar-refractivity contribution in [1.29, 1.82) is 0 Å². The van der Waals surface area contributed by atoms with Gasteiger partial charge in [-0.05, 0) is 87.3 Å². The first kappa shape index (κ1) is 51.2. The topological polar surface area (TPSA) is 251 Å². The number of ketones is 2. The van der Waals surface area contributed by atoms with Crippen molar-refractivity contribution in [3.8, 4) is 5.75 Å². The van der Waals surface area contributed by atoms with Crippen molar-refractivity contribution in [1.82, 2.24) is 4.90 Å². The fourth-order valence-corrected chi connectivity index (χ4v) is 15.1. The van der Waals surface area contributed by atoms with Gasteiger partial charge in [-0.15, -0.1) is 0 Å². The monoisotopic (exact) mass is 947 g/mol. The number of amides is 2. The second-order valence-electron chi connectivity index (χ2n) is 18.1. The standard InChI is InChI=1S/C52H60N3O9P.CH2O2/c1-32-36-29-30-37(45(57)40(36)46(58)41-39(32)47(59)43-44(55(2)3)48(60)42(51(53)63)50(62)52(43,64)49(41)61)54-38(56)28-20-9-7-5-4-6-8-10-21-31-65(33-22-14-11-15-23-33,34-24-16-12-17-25-34)35-26-18-13-19-27-35;2-1-3/h11-19,22-27,29-30,32,39,43-44,47,59,64H,4-10,20-21,28,31H2,1-3H3,(H5-,53,54,56,57,58,60,61,62,63);1H,(H,2,3)/t32-,39+,43+,44-,47-,52-;/m0./s1. The van der Waals surface area contributed by atoms with E-state index in [1.165, 1.54) is 47.4 Å². The normalized spacial score (nSPS) is 22.1. The average Bonchev–Trinajstić information content (AvgIpc) is 3.32. The van der Waals surface area contributed by atoms with E-state index in [0.29, 0.717) is 12.0 Å². The van der Waals surface area contributed by atoms with E-state index in [2.05, 4.69) is 96.3 Å². The Bertz CT molecular complexity index is 2440. The van der Waals surface area contributed by atoms with E-state index in [-0.39, 0.29) is 23.6 Å². The van der Waals surface area contributed by atoms with Crippen LogP contribution >= 0.6 is 7.26 Å². The number of hydrogen-bond donors (Lipinski definition) is 7. The Morgan fingerprint density at radius 3 is 1.72 bits per heavy atom. The number of likely N-dealkylation sites (N-methyl/N-ethyl adjacent to an activating group) is 1. The summed E-state index contributed by atoms with van der Waals surface area (Å²) in [5, 5.41) is 73.2. The molecule has 1 saturated carbocycles. The number of aliphatic hydroxyl groups is 4. The molecule has 0 radical (unpaired) electrons. The molecule has 2 amide bonds. The molecular weight excluding hydrogens is 886 g/mol. The van der Waals surface area contributed by atoms with Crippen molar-refractivity contribution in [2.24, 2.45) is 17.6 Å². The Morgan fingerprint density at radius 1 is 0.779 bits per heavy atom. The third-order valence-corrected chi connectivity index (χ3v) is 18.4. The number of benzene rings is 4. The van der Waals surface area contributed by atoms with E-state index in [9.17, 15) is 44.7 Å². The highest BCUT2D eigenvalue weighted by Crippen LogP contribution is 2.58. The number of Topliss-reactive ketones (excluding diaryl/α,β-unsaturated/α-hetero) is 2. The van der Waals surface area contributed by atoms with Gasteiger partial charge in [-0.1, -0.05) is 106 Å². The van der Waals surface area contributed by atoms with Crippen molar-refractivity contribution in [3.05, 3.63) is 131 Å². The van der Waals surface area contributed by atoms with Gasteiger partial charge < -0.3 is 46.5 Å². The summed E-state index contributed by atoms with van der Waals surface area (Å²) in [7, 11) is 1.09. The van der Waals surface area contributed by atoms with Gasteiger partial charge in [0.1, 0.15) is 46.0 Å². The van der Waals surface area contributed by atoms with E-state index in [0.717, 1.165) is 51.1 Å². The van der Waals surface area contributed by atoms with Crippen LogP contribution in [0.4, 0.5) is 5.69 Å². The largest absolute Gasteiger partial charge is 0.554 e. The van der Waals surface area contributed by atoms with Gasteiger partial charge in [-0.2, -0.15) is 0 Å². The number of rotatable bonds is 18. The zero-order valence-electron chi connectivity index (χ0n) is 38.7. The molecule has 0 saturated heterocycles. The third-order valence-electron chi connectivity index (χ3n) is 13.9. The number of carbonyl (C=O) groups is 5. The number of fused-ring (bicyclic) bond motifs is 3. The van der Waals surface area contributed by atoms with Crippen LogP contribution in [0.5, 0.6) is 5.75 Å². The fraction of sp³-hybridized carbons (Fsp3) is 0.377. The first-order valence-electron chi connectivity index (χ1n) is 23.2. The number of carbonyl (C=O) groups excluding carboxylic acids is 5. The molecule has 0 aliphatic heterocycles. The summed E-state index contributed by atoms with van der Waals surface area (Å²) in [6.07, 6.45) is 8.95. The van der Waals surface area contributed by atoms with Crippen LogP contribution in [-0.4, -0.2) is 98.3 Å². The number of primary amides is 1. The summed E-state index contributed by atoms with van der Waals surface area (Å²) in [4.78, 5) is 62.7. The van der Waals surface area contributed by atoms with Gasteiger partial charge >= 0.3 is 0 Å². The number of nitrogens with one attached hydrogen (secondary N) is 1. The number of anilines is 1. The van der Waals surface area contributed by atoms with Crippen molar-refractivity contribution in [3.63, 3.8) is 0 Å². The molecule has 3 aliphatic carbocycles. The molecule has 360 valence electrons. The average molecular weight is 948 g/mol. The van der Waals surface area contributed by atoms with Crippen LogP contribution < -0.4 is 32.1 Å². The smallest absolute Gasteiger partial charge is 0.255 e. The van der Waals surface area contributed by atoms with Crippen molar-refractivity contribution >= 4 is 64.5 Å². The molecule has 3 aliphatic rings.